The van der Waals surface area contributed by atoms with Crippen LogP contribution in [0.15, 0.2) is 44.4 Å². The zero-order valence-electron chi connectivity index (χ0n) is 9.06. The molecule has 0 aliphatic heterocycles. The average Bonchev–Trinajstić information content (AvgIpc) is 2.76. The molecule has 0 radical (unpaired) electrons. The van der Waals surface area contributed by atoms with Gasteiger partial charge in [0.1, 0.15) is 10.0 Å². The van der Waals surface area contributed by atoms with Gasteiger partial charge in [-0.3, -0.25) is 0 Å². The summed E-state index contributed by atoms with van der Waals surface area (Å²) < 4.78 is 40.4. The highest BCUT2D eigenvalue weighted by molar-refractivity contribution is 9.10. The van der Waals surface area contributed by atoms with Gasteiger partial charge in [-0.1, -0.05) is 18.2 Å². The molecule has 0 atom stereocenters. The van der Waals surface area contributed by atoms with Crippen LogP contribution in [0.4, 0.5) is 4.39 Å². The summed E-state index contributed by atoms with van der Waals surface area (Å²) in [7, 11) is -3.58. The Kier molecular flexibility index (Phi) is 4.16. The fourth-order valence-corrected chi connectivity index (χ4v) is 4.22. The molecule has 96 valence electrons. The topological polar surface area (TPSA) is 46.2 Å². The Morgan fingerprint density at radius 2 is 2.06 bits per heavy atom. The minimum absolute atomic E-state index is 0.0650. The molecule has 1 aromatic carbocycles. The van der Waals surface area contributed by atoms with Gasteiger partial charge in [0.05, 0.1) is 0 Å². The van der Waals surface area contributed by atoms with Crippen LogP contribution in [-0.4, -0.2) is 8.42 Å². The molecule has 1 N–H and O–H groups in total. The van der Waals surface area contributed by atoms with Crippen LogP contribution in [0, 0.1) is 5.82 Å². The quantitative estimate of drug-likeness (QED) is 0.921. The number of thiophene rings is 1. The summed E-state index contributed by atoms with van der Waals surface area (Å²) in [6, 6.07) is 7.57. The second-order valence-corrected chi connectivity index (χ2v) is 7.32. The maximum atomic E-state index is 13.3. The van der Waals surface area contributed by atoms with Crippen LogP contribution < -0.4 is 4.72 Å². The minimum atomic E-state index is -3.58. The van der Waals surface area contributed by atoms with Gasteiger partial charge in [-0.05, 0) is 28.1 Å². The molecular weight excluding hydrogens is 341 g/mol. The fraction of sp³-hybridized carbons (Fsp3) is 0.0909. The fourth-order valence-electron chi connectivity index (χ4n) is 1.32. The van der Waals surface area contributed by atoms with Gasteiger partial charge in [-0.15, -0.1) is 11.3 Å². The molecule has 0 fully saturated rings. The number of nitrogens with one attached hydrogen (secondary N) is 1. The van der Waals surface area contributed by atoms with E-state index in [1.807, 2.05) is 0 Å². The van der Waals surface area contributed by atoms with Crippen molar-refractivity contribution in [3.05, 3.63) is 51.6 Å². The largest absolute Gasteiger partial charge is 0.250 e. The molecule has 1 aromatic heterocycles. The highest BCUT2D eigenvalue weighted by Crippen LogP contribution is 2.24. The predicted molar refractivity (Wildman–Crippen MR) is 72.4 cm³/mol. The molecule has 18 heavy (non-hydrogen) atoms. The first kappa shape index (κ1) is 13.7. The number of hydrogen-bond donors (Lipinski definition) is 1. The molecule has 7 heteroatoms. The van der Waals surface area contributed by atoms with E-state index in [1.165, 1.54) is 12.1 Å². The van der Waals surface area contributed by atoms with Crippen LogP contribution in [0.3, 0.4) is 0 Å². The van der Waals surface area contributed by atoms with Gasteiger partial charge in [0.25, 0.3) is 0 Å². The molecule has 0 unspecified atom stereocenters. The van der Waals surface area contributed by atoms with Crippen molar-refractivity contribution in [1.82, 2.24) is 4.72 Å². The number of halogens is 2. The van der Waals surface area contributed by atoms with E-state index in [-0.39, 0.29) is 10.8 Å². The van der Waals surface area contributed by atoms with Crippen LogP contribution >= 0.6 is 27.3 Å². The van der Waals surface area contributed by atoms with Crippen LogP contribution in [0.1, 0.15) is 5.56 Å². The Labute approximate surface area is 117 Å². The van der Waals surface area contributed by atoms with E-state index < -0.39 is 15.8 Å². The van der Waals surface area contributed by atoms with Crippen molar-refractivity contribution >= 4 is 37.3 Å². The van der Waals surface area contributed by atoms with E-state index in [4.69, 9.17) is 0 Å². The summed E-state index contributed by atoms with van der Waals surface area (Å²) >= 11 is 4.30. The smallest absolute Gasteiger partial charge is 0.207 e. The minimum Gasteiger partial charge on any atom is -0.207 e. The molecule has 1 heterocycles. The Bertz CT molecular complexity index is 655. The van der Waals surface area contributed by atoms with E-state index in [9.17, 15) is 12.8 Å². The predicted octanol–water partition coefficient (Wildman–Crippen LogP) is 3.13. The van der Waals surface area contributed by atoms with E-state index in [2.05, 4.69) is 20.7 Å². The molecule has 0 saturated carbocycles. The van der Waals surface area contributed by atoms with Gasteiger partial charge in [0.15, 0.2) is 0 Å². The Balaban J connectivity index is 2.13. The van der Waals surface area contributed by atoms with E-state index in [0.717, 1.165) is 11.3 Å². The molecule has 0 amide bonds. The lowest BCUT2D eigenvalue weighted by Gasteiger charge is -2.05. The molecule has 0 saturated heterocycles. The molecule has 2 rings (SSSR count). The van der Waals surface area contributed by atoms with E-state index >= 15 is 0 Å². The van der Waals surface area contributed by atoms with E-state index in [1.54, 1.807) is 23.6 Å². The lowest BCUT2D eigenvalue weighted by atomic mass is 10.2. The summed E-state index contributed by atoms with van der Waals surface area (Å²) in [4.78, 5) is 0. The number of sulfonamides is 1. The van der Waals surface area contributed by atoms with Crippen molar-refractivity contribution in [2.75, 3.05) is 0 Å². The van der Waals surface area contributed by atoms with Crippen molar-refractivity contribution in [1.29, 1.82) is 0 Å². The summed E-state index contributed by atoms with van der Waals surface area (Å²) in [5, 5.41) is 1.68. The van der Waals surface area contributed by atoms with Gasteiger partial charge < -0.3 is 0 Å². The average molecular weight is 350 g/mol. The van der Waals surface area contributed by atoms with E-state index in [0.29, 0.717) is 10.0 Å². The second-order valence-electron chi connectivity index (χ2n) is 3.50. The molecule has 0 aliphatic rings. The number of benzene rings is 1. The molecule has 0 spiro atoms. The Morgan fingerprint density at radius 1 is 1.33 bits per heavy atom. The first-order valence-electron chi connectivity index (χ1n) is 4.96. The van der Waals surface area contributed by atoms with Crippen LogP contribution in [0.2, 0.25) is 0 Å². The van der Waals surface area contributed by atoms with Crippen LogP contribution in [-0.2, 0) is 16.6 Å². The zero-order valence-corrected chi connectivity index (χ0v) is 12.3. The lowest BCUT2D eigenvalue weighted by Crippen LogP contribution is -2.22. The molecule has 0 aliphatic carbocycles. The van der Waals surface area contributed by atoms with Crippen LogP contribution in [0.5, 0.6) is 0 Å². The molecule has 2 aromatic rings. The van der Waals surface area contributed by atoms with Gasteiger partial charge in [-0.2, -0.15) is 0 Å². The van der Waals surface area contributed by atoms with Gasteiger partial charge in [0, 0.05) is 22.0 Å². The Hall–Kier alpha value is -0.760. The van der Waals surface area contributed by atoms with Crippen molar-refractivity contribution in [3.63, 3.8) is 0 Å². The lowest BCUT2D eigenvalue weighted by molar-refractivity contribution is 0.576. The van der Waals surface area contributed by atoms with Crippen molar-refractivity contribution in [2.24, 2.45) is 0 Å². The summed E-state index contributed by atoms with van der Waals surface area (Å²) in [5.41, 5.74) is 0.316. The second kappa shape index (κ2) is 5.48. The highest BCUT2D eigenvalue weighted by atomic mass is 79.9. The van der Waals surface area contributed by atoms with Crippen molar-refractivity contribution in [3.8, 4) is 0 Å². The maximum absolute atomic E-state index is 13.3. The highest BCUT2D eigenvalue weighted by Gasteiger charge is 2.16. The number of rotatable bonds is 4. The van der Waals surface area contributed by atoms with Gasteiger partial charge in [0.2, 0.25) is 10.0 Å². The third-order valence-electron chi connectivity index (χ3n) is 2.22. The van der Waals surface area contributed by atoms with Crippen LogP contribution in [0.25, 0.3) is 0 Å². The summed E-state index contributed by atoms with van der Waals surface area (Å²) in [5.74, 6) is -0.424. The normalized spacial score (nSPS) is 11.7. The maximum Gasteiger partial charge on any atom is 0.250 e. The van der Waals surface area contributed by atoms with Crippen molar-refractivity contribution < 1.29 is 12.8 Å². The zero-order chi connectivity index (χ0) is 13.2. The molecular formula is C11H9BrFNO2S2. The first-order chi connectivity index (χ1) is 8.49. The monoisotopic (exact) mass is 349 g/mol. The van der Waals surface area contributed by atoms with Gasteiger partial charge in [-0.25, -0.2) is 17.5 Å². The van der Waals surface area contributed by atoms with Crippen molar-refractivity contribution in [2.45, 2.75) is 10.8 Å². The molecule has 0 bridgehead atoms. The summed E-state index contributed by atoms with van der Waals surface area (Å²) in [6.07, 6.45) is 0. The standard InChI is InChI=1S/C11H9BrFNO2S2/c12-9-5-11(17-7-9)18(15,16)14-6-8-3-1-2-4-10(8)13/h1-5,7,14H,6H2. The third-order valence-corrected chi connectivity index (χ3v) is 5.82. The SMILES string of the molecule is O=S(=O)(NCc1ccccc1F)c1cc(Br)cs1. The summed E-state index contributed by atoms with van der Waals surface area (Å²) in [6.45, 7) is -0.0650. The third kappa shape index (κ3) is 3.17. The number of hydrogen-bond acceptors (Lipinski definition) is 3. The molecule has 3 nitrogen and oxygen atoms in total. The first-order valence-corrected chi connectivity index (χ1v) is 8.12. The Morgan fingerprint density at radius 3 is 2.67 bits per heavy atom. The van der Waals surface area contributed by atoms with Gasteiger partial charge >= 0.3 is 0 Å².